The van der Waals surface area contributed by atoms with E-state index in [1.54, 1.807) is 11.3 Å². The molecule has 5 heteroatoms. The highest BCUT2D eigenvalue weighted by Gasteiger charge is 2.01. The van der Waals surface area contributed by atoms with Gasteiger partial charge in [-0.25, -0.2) is 0 Å². The molecule has 0 unspecified atom stereocenters. The average molecular weight is 227 g/mol. The predicted molar refractivity (Wildman–Crippen MR) is 63.7 cm³/mol. The molecule has 1 rings (SSSR count). The third-order valence-electron chi connectivity index (χ3n) is 1.97. The number of hydrogen-bond acceptors (Lipinski definition) is 4. The lowest BCUT2D eigenvalue weighted by Crippen LogP contribution is -2.27. The number of carbonyl (C=O) groups is 1. The van der Waals surface area contributed by atoms with Gasteiger partial charge in [-0.1, -0.05) is 0 Å². The van der Waals surface area contributed by atoms with Crippen LogP contribution >= 0.6 is 11.3 Å². The molecule has 0 bridgehead atoms. The highest BCUT2D eigenvalue weighted by atomic mass is 32.1. The lowest BCUT2D eigenvalue weighted by Gasteiger charge is -2.04. The van der Waals surface area contributed by atoms with Crippen molar-refractivity contribution in [2.45, 2.75) is 19.9 Å². The highest BCUT2D eigenvalue weighted by molar-refractivity contribution is 7.10. The summed E-state index contributed by atoms with van der Waals surface area (Å²) in [4.78, 5) is 12.2. The van der Waals surface area contributed by atoms with Crippen molar-refractivity contribution in [1.29, 1.82) is 0 Å². The maximum absolute atomic E-state index is 11.1. The van der Waals surface area contributed by atoms with E-state index in [-0.39, 0.29) is 5.91 Å². The summed E-state index contributed by atoms with van der Waals surface area (Å²) in [5.41, 5.74) is 6.55. The van der Waals surface area contributed by atoms with Crippen LogP contribution in [0.3, 0.4) is 0 Å². The maximum atomic E-state index is 11.1. The number of anilines is 1. The van der Waals surface area contributed by atoms with Crippen LogP contribution in [0.1, 0.15) is 18.2 Å². The summed E-state index contributed by atoms with van der Waals surface area (Å²) in [6, 6.07) is 1.89. The second kappa shape index (κ2) is 6.42. The minimum atomic E-state index is 0.0872. The van der Waals surface area contributed by atoms with Gasteiger partial charge in [0.1, 0.15) is 0 Å². The molecule has 1 heterocycles. The average Bonchev–Trinajstić information content (AvgIpc) is 2.60. The first kappa shape index (κ1) is 12.0. The number of thiophene rings is 1. The SMILES string of the molecule is CCNC(=O)CCNCc1sccc1N. The molecule has 1 aromatic rings. The number of nitrogens with two attached hydrogens (primary N) is 1. The van der Waals surface area contributed by atoms with Crippen molar-refractivity contribution in [2.75, 3.05) is 18.8 Å². The summed E-state index contributed by atoms with van der Waals surface area (Å²) in [6.45, 7) is 4.03. The van der Waals surface area contributed by atoms with Crippen LogP contribution in [0.15, 0.2) is 11.4 Å². The Morgan fingerprint density at radius 1 is 1.60 bits per heavy atom. The van der Waals surface area contributed by atoms with Crippen LogP contribution < -0.4 is 16.4 Å². The van der Waals surface area contributed by atoms with Gasteiger partial charge in [-0.05, 0) is 18.4 Å². The van der Waals surface area contributed by atoms with Crippen LogP contribution in [0.2, 0.25) is 0 Å². The molecule has 0 aliphatic heterocycles. The Morgan fingerprint density at radius 3 is 3.00 bits per heavy atom. The van der Waals surface area contributed by atoms with Crippen LogP contribution in [0, 0.1) is 0 Å². The van der Waals surface area contributed by atoms with E-state index >= 15 is 0 Å². The van der Waals surface area contributed by atoms with Crippen LogP contribution in [0.4, 0.5) is 5.69 Å². The van der Waals surface area contributed by atoms with Gasteiger partial charge in [0.05, 0.1) is 0 Å². The van der Waals surface area contributed by atoms with Gasteiger partial charge in [-0.3, -0.25) is 4.79 Å². The Morgan fingerprint density at radius 2 is 2.40 bits per heavy atom. The topological polar surface area (TPSA) is 67.2 Å². The number of hydrogen-bond donors (Lipinski definition) is 3. The first-order chi connectivity index (χ1) is 7.24. The third kappa shape index (κ3) is 4.31. The van der Waals surface area contributed by atoms with Gasteiger partial charge in [-0.15, -0.1) is 11.3 Å². The molecule has 0 atom stereocenters. The summed E-state index contributed by atoms with van der Waals surface area (Å²) in [5.74, 6) is 0.0872. The zero-order valence-corrected chi connectivity index (χ0v) is 9.69. The summed E-state index contributed by atoms with van der Waals surface area (Å²) in [7, 11) is 0. The maximum Gasteiger partial charge on any atom is 0.221 e. The Balaban J connectivity index is 2.12. The Kier molecular flexibility index (Phi) is 5.14. The van der Waals surface area contributed by atoms with E-state index in [4.69, 9.17) is 5.73 Å². The normalized spacial score (nSPS) is 10.2. The second-order valence-electron chi connectivity index (χ2n) is 3.18. The van der Waals surface area contributed by atoms with Crippen molar-refractivity contribution in [1.82, 2.24) is 10.6 Å². The molecule has 0 saturated heterocycles. The van der Waals surface area contributed by atoms with Gasteiger partial charge < -0.3 is 16.4 Å². The molecule has 0 saturated carbocycles. The summed E-state index contributed by atoms with van der Waals surface area (Å²) < 4.78 is 0. The smallest absolute Gasteiger partial charge is 0.221 e. The lowest BCUT2D eigenvalue weighted by atomic mass is 10.3. The van der Waals surface area contributed by atoms with Crippen molar-refractivity contribution in [3.8, 4) is 0 Å². The van der Waals surface area contributed by atoms with Crippen molar-refractivity contribution in [3.05, 3.63) is 16.3 Å². The van der Waals surface area contributed by atoms with Gasteiger partial charge in [0.15, 0.2) is 0 Å². The van der Waals surface area contributed by atoms with Crippen LogP contribution in [-0.4, -0.2) is 19.0 Å². The monoisotopic (exact) mass is 227 g/mol. The molecular weight excluding hydrogens is 210 g/mol. The van der Waals surface area contributed by atoms with Crippen LogP contribution in [0.25, 0.3) is 0 Å². The molecule has 0 radical (unpaired) electrons. The molecule has 84 valence electrons. The fourth-order valence-electron chi connectivity index (χ4n) is 1.18. The van der Waals surface area contributed by atoms with Crippen molar-refractivity contribution in [2.24, 2.45) is 0 Å². The van der Waals surface area contributed by atoms with E-state index in [0.29, 0.717) is 19.5 Å². The number of carbonyl (C=O) groups excluding carboxylic acids is 1. The third-order valence-corrected chi connectivity index (χ3v) is 2.90. The van der Waals surface area contributed by atoms with E-state index in [9.17, 15) is 4.79 Å². The fourth-order valence-corrected chi connectivity index (χ4v) is 1.95. The van der Waals surface area contributed by atoms with E-state index in [0.717, 1.165) is 17.1 Å². The zero-order chi connectivity index (χ0) is 11.1. The standard InChI is InChI=1S/C10H17N3OS/c1-2-13-10(14)3-5-12-7-9-8(11)4-6-15-9/h4,6,12H,2-3,5,7,11H2,1H3,(H,13,14). The van der Waals surface area contributed by atoms with Gasteiger partial charge >= 0.3 is 0 Å². The van der Waals surface area contributed by atoms with E-state index < -0.39 is 0 Å². The minimum absolute atomic E-state index is 0.0872. The number of amides is 1. The van der Waals surface area contributed by atoms with Crippen molar-refractivity contribution in [3.63, 3.8) is 0 Å². The van der Waals surface area contributed by atoms with Gasteiger partial charge in [-0.2, -0.15) is 0 Å². The molecule has 0 fully saturated rings. The molecule has 1 aromatic heterocycles. The van der Waals surface area contributed by atoms with Gasteiger partial charge in [0.2, 0.25) is 5.91 Å². The second-order valence-corrected chi connectivity index (χ2v) is 4.18. The van der Waals surface area contributed by atoms with Crippen molar-refractivity contribution < 1.29 is 4.79 Å². The first-order valence-corrected chi connectivity index (χ1v) is 5.91. The summed E-state index contributed by atoms with van der Waals surface area (Å²) in [6.07, 6.45) is 0.513. The molecule has 0 aromatic carbocycles. The molecule has 4 nitrogen and oxygen atoms in total. The van der Waals surface area contributed by atoms with Crippen LogP contribution in [-0.2, 0) is 11.3 Å². The number of nitrogens with one attached hydrogen (secondary N) is 2. The van der Waals surface area contributed by atoms with Crippen molar-refractivity contribution >= 4 is 22.9 Å². The van der Waals surface area contributed by atoms with Crippen LogP contribution in [0.5, 0.6) is 0 Å². The first-order valence-electron chi connectivity index (χ1n) is 5.03. The summed E-state index contributed by atoms with van der Waals surface area (Å²) >= 11 is 1.63. The van der Waals surface area contributed by atoms with Gasteiger partial charge in [0, 0.05) is 36.6 Å². The predicted octanol–water partition coefficient (Wildman–Crippen LogP) is 0.946. The Hall–Kier alpha value is -1.07. The fraction of sp³-hybridized carbons (Fsp3) is 0.500. The molecule has 0 spiro atoms. The Bertz CT molecular complexity index is 311. The van der Waals surface area contributed by atoms with E-state index in [1.807, 2.05) is 18.4 Å². The minimum Gasteiger partial charge on any atom is -0.398 e. The number of rotatable bonds is 6. The zero-order valence-electron chi connectivity index (χ0n) is 8.88. The Labute approximate surface area is 93.9 Å². The molecule has 0 aliphatic rings. The molecular formula is C10H17N3OS. The molecule has 0 aliphatic carbocycles. The largest absolute Gasteiger partial charge is 0.398 e. The van der Waals surface area contributed by atoms with Gasteiger partial charge in [0.25, 0.3) is 0 Å². The highest BCUT2D eigenvalue weighted by Crippen LogP contribution is 2.17. The van der Waals surface area contributed by atoms with E-state index in [2.05, 4.69) is 10.6 Å². The number of nitrogen functional groups attached to an aromatic ring is 1. The molecule has 4 N–H and O–H groups in total. The summed E-state index contributed by atoms with van der Waals surface area (Å²) in [5, 5.41) is 7.91. The molecule has 1 amide bonds. The molecule has 15 heavy (non-hydrogen) atoms. The van der Waals surface area contributed by atoms with E-state index in [1.165, 1.54) is 0 Å². The quantitative estimate of drug-likeness (QED) is 0.634. The lowest BCUT2D eigenvalue weighted by molar-refractivity contribution is -0.120.